The Morgan fingerprint density at radius 2 is 2.25 bits per heavy atom. The molecule has 0 N–H and O–H groups in total. The van der Waals surface area contributed by atoms with Crippen molar-refractivity contribution in [1.29, 1.82) is 0 Å². The molecule has 0 aromatic rings. The third kappa shape index (κ3) is 2.21. The summed E-state index contributed by atoms with van der Waals surface area (Å²) in [5.74, 6) is 0. The molecule has 0 fully saturated rings. The molecule has 0 rings (SSSR count). The third-order valence-corrected chi connectivity index (χ3v) is 0.189. The van der Waals surface area contributed by atoms with Crippen molar-refractivity contribution in [3.8, 4) is 0 Å². The van der Waals surface area contributed by atoms with Gasteiger partial charge < -0.3 is 4.66 Å². The molecule has 0 amide bonds. The van der Waals surface area contributed by atoms with E-state index in [-0.39, 0.29) is 0 Å². The van der Waals surface area contributed by atoms with Gasteiger partial charge in [-0.1, -0.05) is 0 Å². The first kappa shape index (κ1) is 4.21. The van der Waals surface area contributed by atoms with Gasteiger partial charge in [0.2, 0.25) is 0 Å². The molecular formula is CH3ClO2. The summed E-state index contributed by atoms with van der Waals surface area (Å²) in [6, 6.07) is 0. The van der Waals surface area contributed by atoms with Crippen molar-refractivity contribution < 1.29 is 20.3 Å². The molecule has 0 aliphatic heterocycles. The maximum Gasteiger partial charge on any atom is 0.330 e. The predicted molar refractivity (Wildman–Crippen MR) is 7.01 cm³/mol. The zero-order valence-corrected chi connectivity index (χ0v) is 2.95. The number of hydrogen-bond acceptors (Lipinski definition) is 2. The van der Waals surface area contributed by atoms with E-state index >= 15 is 0 Å². The standard InChI is InChI=1S/CH3ClO2/c1-4-2-3/h1H3. The maximum absolute atomic E-state index is 8.94. The Hall–Kier alpha value is 0.210. The van der Waals surface area contributed by atoms with E-state index in [1.807, 2.05) is 0 Å². The molecule has 0 bridgehead atoms. The van der Waals surface area contributed by atoms with Crippen LogP contribution in [0.15, 0.2) is 0 Å². The van der Waals surface area contributed by atoms with Crippen molar-refractivity contribution in [1.82, 2.24) is 0 Å². The van der Waals surface area contributed by atoms with Crippen LogP contribution in [0, 0.1) is 11.3 Å². The van der Waals surface area contributed by atoms with Crippen molar-refractivity contribution in [3.63, 3.8) is 0 Å². The van der Waals surface area contributed by atoms with Gasteiger partial charge >= 0.3 is 11.3 Å². The van der Waals surface area contributed by atoms with Gasteiger partial charge in [0, 0.05) is 0 Å². The highest BCUT2D eigenvalue weighted by Crippen LogP contribution is 1.46. The molecular weight excluding hydrogens is 79.5 g/mol. The predicted octanol–water partition coefficient (Wildman–Crippen LogP) is -1.09. The SMILES string of the molecule is CO[Cl+][O-]. The minimum absolute atomic E-state index is 0.465. The first-order valence-corrected chi connectivity index (χ1v) is 1.33. The van der Waals surface area contributed by atoms with Gasteiger partial charge in [0.05, 0.1) is 0 Å². The molecule has 0 unspecified atom stereocenters. The minimum Gasteiger partial charge on any atom is -0.506 e. The van der Waals surface area contributed by atoms with Gasteiger partial charge in [-0.15, -0.1) is 4.29 Å². The summed E-state index contributed by atoms with van der Waals surface area (Å²) in [7, 11) is 1.31. The molecule has 0 aromatic heterocycles. The fourth-order valence-electron chi connectivity index (χ4n) is 0. The van der Waals surface area contributed by atoms with Gasteiger partial charge in [0.15, 0.2) is 0 Å². The van der Waals surface area contributed by atoms with E-state index in [1.165, 1.54) is 7.11 Å². The van der Waals surface area contributed by atoms with Crippen LogP contribution < -0.4 is 4.66 Å². The summed E-state index contributed by atoms with van der Waals surface area (Å²) in [4.78, 5) is 0. The van der Waals surface area contributed by atoms with Gasteiger partial charge in [0.25, 0.3) is 0 Å². The lowest BCUT2D eigenvalue weighted by Crippen LogP contribution is -1.99. The van der Waals surface area contributed by atoms with Crippen molar-refractivity contribution >= 4 is 0 Å². The Morgan fingerprint density at radius 3 is 2.25 bits per heavy atom. The van der Waals surface area contributed by atoms with Gasteiger partial charge in [-0.25, -0.2) is 0 Å². The van der Waals surface area contributed by atoms with Crippen LogP contribution in [0.2, 0.25) is 0 Å². The Balaban J connectivity index is 1.97. The number of rotatable bonds is 1. The molecule has 26 valence electrons. The lowest BCUT2D eigenvalue weighted by atomic mass is 11.8. The lowest BCUT2D eigenvalue weighted by molar-refractivity contribution is -1.27. The average Bonchev–Trinajstić information content (AvgIpc) is 1.37. The Kier molecular flexibility index (Phi) is 3.38. The molecule has 2 nitrogen and oxygen atoms in total. The molecule has 0 heterocycles. The van der Waals surface area contributed by atoms with Gasteiger partial charge in [-0.05, 0) is 0 Å². The molecule has 0 aliphatic rings. The first-order valence-electron chi connectivity index (χ1n) is 0.717. The number of hydrogen-bond donors (Lipinski definition) is 0. The normalized spacial score (nSPS) is 7.50. The molecule has 0 aliphatic carbocycles. The Morgan fingerprint density at radius 1 is 2.00 bits per heavy atom. The van der Waals surface area contributed by atoms with Crippen LogP contribution in [0.4, 0.5) is 0 Å². The summed E-state index contributed by atoms with van der Waals surface area (Å²) in [6.07, 6.45) is 0. The van der Waals surface area contributed by atoms with E-state index in [9.17, 15) is 0 Å². The van der Waals surface area contributed by atoms with Crippen LogP contribution >= 0.6 is 0 Å². The topological polar surface area (TPSA) is 32.3 Å². The summed E-state index contributed by atoms with van der Waals surface area (Å²) in [6.45, 7) is 0. The second kappa shape index (κ2) is 3.21. The van der Waals surface area contributed by atoms with Gasteiger partial charge in [0.1, 0.15) is 7.11 Å². The summed E-state index contributed by atoms with van der Waals surface area (Å²) in [5, 5.41) is 0. The van der Waals surface area contributed by atoms with Crippen molar-refractivity contribution in [2.75, 3.05) is 7.11 Å². The highest BCUT2D eigenvalue weighted by atomic mass is 35.6. The van der Waals surface area contributed by atoms with E-state index in [0.29, 0.717) is 11.3 Å². The molecule has 4 heavy (non-hydrogen) atoms. The summed E-state index contributed by atoms with van der Waals surface area (Å²) < 4.78 is 12.8. The van der Waals surface area contributed by atoms with Crippen molar-refractivity contribution in [3.05, 3.63) is 0 Å². The molecule has 0 spiro atoms. The largest absolute Gasteiger partial charge is 0.506 e. The quantitative estimate of drug-likeness (QED) is 0.403. The van der Waals surface area contributed by atoms with Crippen LogP contribution in [0.1, 0.15) is 0 Å². The highest BCUT2D eigenvalue weighted by Gasteiger charge is 1.67. The van der Waals surface area contributed by atoms with Gasteiger partial charge in [-0.2, -0.15) is 0 Å². The van der Waals surface area contributed by atoms with Crippen LogP contribution in [0.5, 0.6) is 0 Å². The molecule has 0 radical (unpaired) electrons. The van der Waals surface area contributed by atoms with Crippen molar-refractivity contribution in [2.24, 2.45) is 0 Å². The second-order valence-corrected chi connectivity index (χ2v) is 0.652. The fraction of sp³-hybridized carbons (Fsp3) is 1.00. The zero-order chi connectivity index (χ0) is 3.41. The molecule has 3 heteroatoms. The highest BCUT2D eigenvalue weighted by molar-refractivity contribution is 3.29. The van der Waals surface area contributed by atoms with E-state index in [0.717, 1.165) is 0 Å². The lowest BCUT2D eigenvalue weighted by Gasteiger charge is -1.63. The maximum atomic E-state index is 8.94. The molecule has 0 saturated heterocycles. The monoisotopic (exact) mass is 82.0 g/mol. The molecule has 0 atom stereocenters. The van der Waals surface area contributed by atoms with Crippen LogP contribution in [0.25, 0.3) is 0 Å². The Labute approximate surface area is 28.5 Å². The van der Waals surface area contributed by atoms with Gasteiger partial charge in [-0.3, -0.25) is 0 Å². The molecule has 0 saturated carbocycles. The van der Waals surface area contributed by atoms with E-state index < -0.39 is 0 Å². The van der Waals surface area contributed by atoms with E-state index in [4.69, 9.17) is 4.66 Å². The zero-order valence-electron chi connectivity index (χ0n) is 2.19. The van der Waals surface area contributed by atoms with Crippen LogP contribution in [-0.4, -0.2) is 7.11 Å². The van der Waals surface area contributed by atoms with Crippen LogP contribution in [0.3, 0.4) is 0 Å². The summed E-state index contributed by atoms with van der Waals surface area (Å²) in [5.41, 5.74) is 0. The second-order valence-electron chi connectivity index (χ2n) is 0.217. The summed E-state index contributed by atoms with van der Waals surface area (Å²) >= 11 is 0.465. The molecule has 0 aromatic carbocycles. The average molecular weight is 82.5 g/mol. The third-order valence-electron chi connectivity index (χ3n) is 0.0630. The first-order chi connectivity index (χ1) is 1.91. The van der Waals surface area contributed by atoms with Crippen LogP contribution in [-0.2, 0) is 4.29 Å². The van der Waals surface area contributed by atoms with E-state index in [1.54, 1.807) is 0 Å². The minimum atomic E-state index is 0.465. The van der Waals surface area contributed by atoms with E-state index in [2.05, 4.69) is 4.29 Å². The smallest absolute Gasteiger partial charge is 0.330 e. The fourth-order valence-corrected chi connectivity index (χ4v) is 0. The number of halogens is 1. The van der Waals surface area contributed by atoms with Crippen molar-refractivity contribution in [2.45, 2.75) is 0 Å². The Bertz CT molecular complexity index is 8.00.